The van der Waals surface area contributed by atoms with E-state index in [1.54, 1.807) is 0 Å². The highest BCUT2D eigenvalue weighted by molar-refractivity contribution is 6.72. The van der Waals surface area contributed by atoms with Gasteiger partial charge in [-0.1, -0.05) is 104 Å². The molecule has 1 heterocycles. The molecule has 322 valence electrons. The smallest absolute Gasteiger partial charge is 0.146 e. The molecular formula is C51H51B17N2O. The zero-order chi connectivity index (χ0) is 50.8. The van der Waals surface area contributed by atoms with Crippen molar-refractivity contribution in [2.24, 2.45) is 0 Å². The number of hydrogen-bond donors (Lipinski definition) is 1. The third-order valence-corrected chi connectivity index (χ3v) is 17.8. The summed E-state index contributed by atoms with van der Waals surface area (Å²) in [6, 6.07) is 35.2. The van der Waals surface area contributed by atoms with Crippen molar-refractivity contribution in [3.63, 3.8) is 0 Å². The van der Waals surface area contributed by atoms with Crippen molar-refractivity contribution in [1.29, 1.82) is 0 Å². The Bertz CT molecular complexity index is 3760. The molecule has 0 atom stereocenters. The zero-order valence-electron chi connectivity index (χ0n) is 45.1. The van der Waals surface area contributed by atoms with Crippen molar-refractivity contribution >= 4 is 259 Å². The van der Waals surface area contributed by atoms with E-state index in [9.17, 15) is 5.11 Å². The van der Waals surface area contributed by atoms with Gasteiger partial charge in [-0.3, -0.25) is 4.57 Å². The number of rotatable bonds is 6. The first-order valence-corrected chi connectivity index (χ1v) is 25.4. The maximum atomic E-state index is 13.2. The number of fused-ring (bicyclic) bond motifs is 3. The van der Waals surface area contributed by atoms with Crippen LogP contribution in [0.5, 0.6) is 5.75 Å². The lowest BCUT2D eigenvalue weighted by molar-refractivity contribution is 0.486. The number of hydrogen-bond acceptors (Lipinski definition) is 2. The minimum atomic E-state index is 0.335. The average molecular weight is 892 g/mol. The van der Waals surface area contributed by atoms with Gasteiger partial charge in [-0.25, -0.2) is 4.98 Å². The Kier molecular flexibility index (Phi) is 12.2. The van der Waals surface area contributed by atoms with E-state index in [0.29, 0.717) is 5.75 Å². The number of phenolic OH excluding ortho intramolecular Hbond substituents is 1. The summed E-state index contributed by atoms with van der Waals surface area (Å²) in [6.07, 6.45) is 0. The topological polar surface area (TPSA) is 38.0 Å². The number of aromatic nitrogens is 2. The third-order valence-electron chi connectivity index (χ3n) is 17.8. The largest absolute Gasteiger partial charge is 0.508 e. The van der Waals surface area contributed by atoms with Gasteiger partial charge in [0, 0.05) is 22.2 Å². The van der Waals surface area contributed by atoms with E-state index < -0.39 is 0 Å². The first-order chi connectivity index (χ1) is 33.8. The molecule has 9 aromatic carbocycles. The van der Waals surface area contributed by atoms with Crippen LogP contribution in [0.1, 0.15) is 0 Å². The van der Waals surface area contributed by atoms with Gasteiger partial charge in [0.1, 0.15) is 145 Å². The summed E-state index contributed by atoms with van der Waals surface area (Å²) >= 11 is 0. The summed E-state index contributed by atoms with van der Waals surface area (Å²) in [4.78, 5) is 5.47. The van der Waals surface area contributed by atoms with E-state index in [0.717, 1.165) is 72.1 Å². The lowest BCUT2D eigenvalue weighted by Crippen LogP contribution is -2.55. The van der Waals surface area contributed by atoms with Crippen LogP contribution < -0.4 is 92.9 Å². The monoisotopic (exact) mass is 895 g/mol. The van der Waals surface area contributed by atoms with Gasteiger partial charge in [-0.2, -0.15) is 0 Å². The number of phenols is 1. The average Bonchev–Trinajstić information content (AvgIpc) is 3.77. The van der Waals surface area contributed by atoms with Gasteiger partial charge in [0.25, 0.3) is 0 Å². The van der Waals surface area contributed by atoms with Gasteiger partial charge >= 0.3 is 0 Å². The van der Waals surface area contributed by atoms with Crippen LogP contribution in [0.2, 0.25) is 0 Å². The molecule has 0 saturated heterocycles. The Morgan fingerprint density at radius 3 is 1.20 bits per heavy atom. The van der Waals surface area contributed by atoms with Gasteiger partial charge in [0.2, 0.25) is 0 Å². The van der Waals surface area contributed by atoms with Crippen LogP contribution >= 0.6 is 0 Å². The number of nitrogens with zero attached hydrogens (tertiary/aromatic N) is 2. The second-order valence-electron chi connectivity index (χ2n) is 20.9. The Hall–Kier alpha value is -6.13. The molecule has 0 bridgehead atoms. The molecule has 20 heteroatoms. The van der Waals surface area contributed by atoms with Crippen molar-refractivity contribution in [3.05, 3.63) is 97.1 Å². The standard InChI is InChI=1S/C51H51B17N2O/c52-33-26(34(53)41(60)47(66)40(33)59)18-14-17(15-19(16-18)27-35(54)42(61)48(67)43(62)36(27)55)25-29-30(38(57)45(64)44(63)37(29)56)28(31-32(25)50(71)49(68)46(65)39(31)58)21-10-4-5-11-22(21)51-69-23-12-6-7-13-24(23)70(51)20-8-2-1-3-9-20/h1-16,71H,52-68H2. The Morgan fingerprint density at radius 1 is 0.324 bits per heavy atom. The van der Waals surface area contributed by atoms with Crippen LogP contribution in [0.4, 0.5) is 0 Å². The van der Waals surface area contributed by atoms with E-state index in [1.165, 1.54) is 115 Å². The lowest BCUT2D eigenvalue weighted by Gasteiger charge is -2.29. The molecule has 3 nitrogen and oxygen atoms in total. The van der Waals surface area contributed by atoms with E-state index in [2.05, 4.69) is 235 Å². The predicted molar refractivity (Wildman–Crippen MR) is 364 cm³/mol. The van der Waals surface area contributed by atoms with Crippen molar-refractivity contribution in [2.75, 3.05) is 0 Å². The molecule has 10 rings (SSSR count). The molecule has 0 aliphatic heterocycles. The molecular weight excluding hydrogens is 840 g/mol. The highest BCUT2D eigenvalue weighted by Crippen LogP contribution is 2.47. The molecule has 1 N–H and O–H groups in total. The second kappa shape index (κ2) is 17.9. The molecule has 0 unspecified atom stereocenters. The van der Waals surface area contributed by atoms with Crippen molar-refractivity contribution in [1.82, 2.24) is 9.55 Å². The molecule has 0 radical (unpaired) electrons. The van der Waals surface area contributed by atoms with Gasteiger partial charge in [-0.15, -0.1) is 43.7 Å². The number of aromatic hydroxyl groups is 1. The van der Waals surface area contributed by atoms with Crippen molar-refractivity contribution < 1.29 is 5.11 Å². The van der Waals surface area contributed by atoms with E-state index >= 15 is 0 Å². The molecule has 10 aromatic rings. The van der Waals surface area contributed by atoms with E-state index in [1.807, 2.05) is 0 Å². The minimum Gasteiger partial charge on any atom is -0.508 e. The molecule has 1 aromatic heterocycles. The quantitative estimate of drug-likeness (QED) is 0.133. The number of para-hydroxylation sites is 3. The maximum absolute atomic E-state index is 13.2. The first-order valence-electron chi connectivity index (χ1n) is 25.4. The first kappa shape index (κ1) is 48.5. The van der Waals surface area contributed by atoms with Crippen LogP contribution in [0.25, 0.3) is 94.2 Å². The lowest BCUT2D eigenvalue weighted by atomic mass is 9.58. The third kappa shape index (κ3) is 7.23. The minimum absolute atomic E-state index is 0.335. The van der Waals surface area contributed by atoms with Gasteiger partial charge < -0.3 is 5.11 Å². The molecule has 0 aliphatic carbocycles. The fourth-order valence-electron chi connectivity index (χ4n) is 12.3. The maximum Gasteiger partial charge on any atom is 0.146 e. The van der Waals surface area contributed by atoms with Crippen LogP contribution in [-0.4, -0.2) is 148 Å². The Morgan fingerprint density at radius 2 is 0.690 bits per heavy atom. The summed E-state index contributed by atoms with van der Waals surface area (Å²) in [5.74, 6) is 1.21. The van der Waals surface area contributed by atoms with Crippen LogP contribution in [-0.2, 0) is 0 Å². The van der Waals surface area contributed by atoms with Crippen LogP contribution in [0.3, 0.4) is 0 Å². The predicted octanol–water partition coefficient (Wildman–Crippen LogP) is -16.2. The molecule has 0 aliphatic rings. The fraction of sp³-hybridized carbons (Fsp3) is 0. The Balaban J connectivity index is 1.45. The summed E-state index contributed by atoms with van der Waals surface area (Å²) in [5.41, 5.74) is 34.9. The van der Waals surface area contributed by atoms with E-state index in [-0.39, 0.29) is 0 Å². The SMILES string of the molecule is Bc1c(B)c(B)c(-c2cc(-c3c(B)c(B)c(B)c(B)c3B)cc(-c3c4c(B)c(B)c(B)c(B)c4c(-c4ccccc4-c4nc5ccccc5n4-c4ccccc4)c4c(B)c(B)c(B)c(O)c34)c2)c(B)c1B. The highest BCUT2D eigenvalue weighted by Gasteiger charge is 2.29. The summed E-state index contributed by atoms with van der Waals surface area (Å²) < 4.78 is 2.31. The Labute approximate surface area is 435 Å². The molecule has 0 spiro atoms. The van der Waals surface area contributed by atoms with E-state index in [4.69, 9.17) is 4.98 Å². The van der Waals surface area contributed by atoms with Crippen molar-refractivity contribution in [3.8, 4) is 67.3 Å². The summed E-state index contributed by atoms with van der Waals surface area (Å²) in [6.45, 7) is 0. The van der Waals surface area contributed by atoms with Gasteiger partial charge in [-0.05, 0) is 97.6 Å². The molecule has 0 amide bonds. The molecule has 0 saturated carbocycles. The van der Waals surface area contributed by atoms with Crippen LogP contribution in [0, 0.1) is 0 Å². The zero-order valence-corrected chi connectivity index (χ0v) is 45.1. The highest BCUT2D eigenvalue weighted by atomic mass is 16.3. The molecule has 0 fully saturated rings. The van der Waals surface area contributed by atoms with Gasteiger partial charge in [0.15, 0.2) is 0 Å². The summed E-state index contributed by atoms with van der Waals surface area (Å²) in [7, 11) is 38.6. The normalized spacial score (nSPS) is 11.5. The van der Waals surface area contributed by atoms with Gasteiger partial charge in [0.05, 0.1) is 11.0 Å². The second-order valence-corrected chi connectivity index (χ2v) is 20.9. The van der Waals surface area contributed by atoms with Crippen molar-refractivity contribution in [2.45, 2.75) is 0 Å². The summed E-state index contributed by atoms with van der Waals surface area (Å²) in [5, 5.41) is 17.6. The fourth-order valence-corrected chi connectivity index (χ4v) is 12.3. The van der Waals surface area contributed by atoms with Crippen LogP contribution in [0.15, 0.2) is 97.1 Å². The number of benzene rings is 9. The number of imidazole rings is 1. The molecule has 71 heavy (non-hydrogen) atoms.